The highest BCUT2D eigenvalue weighted by Crippen LogP contribution is 2.29. The van der Waals surface area contributed by atoms with Crippen molar-refractivity contribution in [3.63, 3.8) is 0 Å². The fraction of sp³-hybridized carbons (Fsp3) is 0.133. The number of carbonyl (C=O) groups is 1. The summed E-state index contributed by atoms with van der Waals surface area (Å²) in [5.74, 6) is 0.243. The summed E-state index contributed by atoms with van der Waals surface area (Å²) in [6, 6.07) is 14.3. The molecule has 2 N–H and O–H groups in total. The normalized spacial score (nSPS) is 10.0. The molecule has 0 aliphatic heterocycles. The number of nitrogens with zero attached hydrogens (tertiary/aromatic N) is 1. The topological polar surface area (TPSA) is 52.6 Å². The number of amides is 2. The molecule has 2 aromatic carbocycles. The van der Waals surface area contributed by atoms with Gasteiger partial charge < -0.3 is 15.3 Å². The molecule has 0 saturated carbocycles. The first-order chi connectivity index (χ1) is 9.08. The van der Waals surface area contributed by atoms with Crippen molar-refractivity contribution in [3.8, 4) is 16.9 Å². The quantitative estimate of drug-likeness (QED) is 0.867. The fourth-order valence-electron chi connectivity index (χ4n) is 1.69. The maximum Gasteiger partial charge on any atom is 0.321 e. The van der Waals surface area contributed by atoms with Gasteiger partial charge in [-0.3, -0.25) is 0 Å². The summed E-state index contributed by atoms with van der Waals surface area (Å²) < 4.78 is 0. The lowest BCUT2D eigenvalue weighted by atomic mass is 10.0. The number of rotatable bonds is 2. The Morgan fingerprint density at radius 1 is 1.05 bits per heavy atom. The summed E-state index contributed by atoms with van der Waals surface area (Å²) in [6.45, 7) is 0. The maximum absolute atomic E-state index is 11.5. The second-order valence-electron chi connectivity index (χ2n) is 4.42. The first kappa shape index (κ1) is 13.0. The van der Waals surface area contributed by atoms with Gasteiger partial charge in [0.1, 0.15) is 5.75 Å². The van der Waals surface area contributed by atoms with Gasteiger partial charge in [0.15, 0.2) is 0 Å². The molecular weight excluding hydrogens is 240 g/mol. The van der Waals surface area contributed by atoms with E-state index in [1.807, 2.05) is 36.4 Å². The van der Waals surface area contributed by atoms with Crippen molar-refractivity contribution < 1.29 is 9.90 Å². The second kappa shape index (κ2) is 5.44. The number of nitrogens with one attached hydrogen (secondary N) is 1. The highest BCUT2D eigenvalue weighted by molar-refractivity contribution is 5.89. The monoisotopic (exact) mass is 256 g/mol. The molecule has 2 aromatic rings. The first-order valence-electron chi connectivity index (χ1n) is 5.94. The molecule has 19 heavy (non-hydrogen) atoms. The average molecular weight is 256 g/mol. The first-order valence-corrected chi connectivity index (χ1v) is 5.94. The SMILES string of the molecule is CN(C)C(=O)Nc1ccc(-c2ccccc2O)cc1. The van der Waals surface area contributed by atoms with E-state index in [0.29, 0.717) is 0 Å². The van der Waals surface area contributed by atoms with Crippen molar-refractivity contribution in [3.05, 3.63) is 48.5 Å². The molecule has 0 radical (unpaired) electrons. The van der Waals surface area contributed by atoms with Gasteiger partial charge in [-0.25, -0.2) is 4.79 Å². The Labute approximate surface area is 112 Å². The van der Waals surface area contributed by atoms with Gasteiger partial charge in [0.25, 0.3) is 0 Å². The minimum atomic E-state index is -0.171. The van der Waals surface area contributed by atoms with Crippen LogP contribution in [0.3, 0.4) is 0 Å². The number of carbonyl (C=O) groups excluding carboxylic acids is 1. The number of anilines is 1. The highest BCUT2D eigenvalue weighted by Gasteiger charge is 2.05. The Kier molecular flexibility index (Phi) is 3.71. The lowest BCUT2D eigenvalue weighted by Gasteiger charge is -2.12. The molecule has 0 fully saturated rings. The van der Waals surface area contributed by atoms with Gasteiger partial charge >= 0.3 is 6.03 Å². The Morgan fingerprint density at radius 2 is 1.68 bits per heavy atom. The number of phenols is 1. The van der Waals surface area contributed by atoms with Crippen molar-refractivity contribution in [2.45, 2.75) is 0 Å². The van der Waals surface area contributed by atoms with Gasteiger partial charge in [-0.05, 0) is 23.8 Å². The molecule has 2 rings (SSSR count). The predicted octanol–water partition coefficient (Wildman–Crippen LogP) is 3.15. The largest absolute Gasteiger partial charge is 0.507 e. The molecule has 0 spiro atoms. The van der Waals surface area contributed by atoms with Crippen molar-refractivity contribution in [1.82, 2.24) is 4.90 Å². The number of para-hydroxylation sites is 1. The number of benzene rings is 2. The zero-order chi connectivity index (χ0) is 13.8. The van der Waals surface area contributed by atoms with Crippen molar-refractivity contribution >= 4 is 11.7 Å². The lowest BCUT2D eigenvalue weighted by Crippen LogP contribution is -2.27. The van der Waals surface area contributed by atoms with Crippen LogP contribution >= 0.6 is 0 Å². The third-order valence-electron chi connectivity index (χ3n) is 2.76. The molecule has 98 valence electrons. The Balaban J connectivity index is 2.20. The molecule has 0 atom stereocenters. The van der Waals surface area contributed by atoms with Crippen LogP contribution in [0.25, 0.3) is 11.1 Å². The third-order valence-corrected chi connectivity index (χ3v) is 2.76. The molecule has 0 aliphatic rings. The van der Waals surface area contributed by atoms with E-state index in [4.69, 9.17) is 0 Å². The van der Waals surface area contributed by atoms with E-state index < -0.39 is 0 Å². The van der Waals surface area contributed by atoms with Crippen LogP contribution in [-0.2, 0) is 0 Å². The molecule has 0 aliphatic carbocycles. The van der Waals surface area contributed by atoms with Gasteiger partial charge in [-0.2, -0.15) is 0 Å². The minimum Gasteiger partial charge on any atom is -0.507 e. The van der Waals surface area contributed by atoms with Gasteiger partial charge in [-0.15, -0.1) is 0 Å². The van der Waals surface area contributed by atoms with E-state index in [-0.39, 0.29) is 11.8 Å². The summed E-state index contributed by atoms with van der Waals surface area (Å²) in [5.41, 5.74) is 2.40. The van der Waals surface area contributed by atoms with Crippen LogP contribution in [0.4, 0.5) is 10.5 Å². The number of aromatic hydroxyl groups is 1. The smallest absolute Gasteiger partial charge is 0.321 e. The van der Waals surface area contributed by atoms with Crippen molar-refractivity contribution in [2.24, 2.45) is 0 Å². The van der Waals surface area contributed by atoms with Crippen LogP contribution in [0.1, 0.15) is 0 Å². The van der Waals surface area contributed by atoms with Crippen LogP contribution < -0.4 is 5.32 Å². The van der Waals surface area contributed by atoms with E-state index in [0.717, 1.165) is 16.8 Å². The number of urea groups is 1. The van der Waals surface area contributed by atoms with Crippen molar-refractivity contribution in [1.29, 1.82) is 0 Å². The van der Waals surface area contributed by atoms with E-state index in [1.54, 1.807) is 26.2 Å². The van der Waals surface area contributed by atoms with Crippen LogP contribution in [-0.4, -0.2) is 30.1 Å². The van der Waals surface area contributed by atoms with Crippen LogP contribution in [0.15, 0.2) is 48.5 Å². The van der Waals surface area contributed by atoms with Gasteiger partial charge in [-0.1, -0.05) is 30.3 Å². The van der Waals surface area contributed by atoms with Crippen molar-refractivity contribution in [2.75, 3.05) is 19.4 Å². The lowest BCUT2D eigenvalue weighted by molar-refractivity contribution is 0.230. The standard InChI is InChI=1S/C15H16N2O2/c1-17(2)15(19)16-12-9-7-11(8-10-12)13-5-3-4-6-14(13)18/h3-10,18H,1-2H3,(H,16,19). The minimum absolute atomic E-state index is 0.171. The number of hydrogen-bond donors (Lipinski definition) is 2. The summed E-state index contributed by atoms with van der Waals surface area (Å²) in [4.78, 5) is 13.0. The molecule has 4 nitrogen and oxygen atoms in total. The zero-order valence-corrected chi connectivity index (χ0v) is 10.9. The fourth-order valence-corrected chi connectivity index (χ4v) is 1.69. The molecule has 0 aromatic heterocycles. The summed E-state index contributed by atoms with van der Waals surface area (Å²) in [7, 11) is 3.37. The maximum atomic E-state index is 11.5. The van der Waals surface area contributed by atoms with Crippen LogP contribution in [0.2, 0.25) is 0 Å². The Hall–Kier alpha value is -2.49. The van der Waals surface area contributed by atoms with Gasteiger partial charge in [0.05, 0.1) is 0 Å². The molecule has 0 bridgehead atoms. The van der Waals surface area contributed by atoms with E-state index in [9.17, 15) is 9.90 Å². The third kappa shape index (κ3) is 3.04. The van der Waals surface area contributed by atoms with E-state index >= 15 is 0 Å². The Morgan fingerprint density at radius 3 is 2.26 bits per heavy atom. The number of hydrogen-bond acceptors (Lipinski definition) is 2. The average Bonchev–Trinajstić information content (AvgIpc) is 2.40. The van der Waals surface area contributed by atoms with E-state index in [1.165, 1.54) is 4.90 Å². The Bertz CT molecular complexity index is 577. The summed E-state index contributed by atoms with van der Waals surface area (Å²) in [6.07, 6.45) is 0. The molecule has 2 amide bonds. The van der Waals surface area contributed by atoms with Crippen LogP contribution in [0, 0.1) is 0 Å². The molecule has 4 heteroatoms. The molecular formula is C15H16N2O2. The van der Waals surface area contributed by atoms with Crippen LogP contribution in [0.5, 0.6) is 5.75 Å². The molecule has 0 unspecified atom stereocenters. The second-order valence-corrected chi connectivity index (χ2v) is 4.42. The highest BCUT2D eigenvalue weighted by atomic mass is 16.3. The summed E-state index contributed by atoms with van der Waals surface area (Å²) >= 11 is 0. The molecule has 0 saturated heterocycles. The molecule has 0 heterocycles. The number of phenolic OH excluding ortho intramolecular Hbond substituents is 1. The van der Waals surface area contributed by atoms with Gasteiger partial charge in [0, 0.05) is 25.3 Å². The van der Waals surface area contributed by atoms with E-state index in [2.05, 4.69) is 5.32 Å². The zero-order valence-electron chi connectivity index (χ0n) is 10.9. The predicted molar refractivity (Wildman–Crippen MR) is 76.2 cm³/mol. The summed E-state index contributed by atoms with van der Waals surface area (Å²) in [5, 5.41) is 12.5. The van der Waals surface area contributed by atoms with Gasteiger partial charge in [0.2, 0.25) is 0 Å².